The molecule has 12 heteroatoms. The van der Waals surface area contributed by atoms with Gasteiger partial charge in [-0.05, 0) is 61.3 Å². The number of hydrogen-bond donors (Lipinski definition) is 2. The van der Waals surface area contributed by atoms with E-state index in [9.17, 15) is 19.8 Å². The van der Waals surface area contributed by atoms with E-state index in [1.807, 2.05) is 6.92 Å². The first-order valence-electron chi connectivity index (χ1n) is 18.3. The van der Waals surface area contributed by atoms with Gasteiger partial charge in [0.2, 0.25) is 0 Å². The first kappa shape index (κ1) is 39.4. The van der Waals surface area contributed by atoms with Crippen molar-refractivity contribution in [3.63, 3.8) is 0 Å². The third-order valence-electron chi connectivity index (χ3n) is 13.6. The predicted octanol–water partition coefficient (Wildman–Crippen LogP) is 5.85. The summed E-state index contributed by atoms with van der Waals surface area (Å²) < 4.78 is 32.5. The summed E-state index contributed by atoms with van der Waals surface area (Å²) in [7, 11) is -4.65. The van der Waals surface area contributed by atoms with Gasteiger partial charge in [0.1, 0.15) is 11.7 Å². The molecule has 0 amide bonds. The summed E-state index contributed by atoms with van der Waals surface area (Å²) in [4.78, 5) is 41.4. The molecule has 2 unspecified atom stereocenters. The quantitative estimate of drug-likeness (QED) is 0.144. The normalized spacial score (nSPS) is 37.8. The van der Waals surface area contributed by atoms with Crippen molar-refractivity contribution in [2.24, 2.45) is 16.7 Å². The largest absolute Gasteiger partial charge is 0.454 e. The summed E-state index contributed by atoms with van der Waals surface area (Å²) in [5.74, 6) is -2.77. The number of rotatable bonds is 12. The lowest BCUT2D eigenvalue weighted by molar-refractivity contribution is -0.345. The Balaban J connectivity index is 2.09. The molecule has 0 aromatic rings. The molecule has 4 rings (SSSR count). The van der Waals surface area contributed by atoms with E-state index < -0.39 is 92.8 Å². The molecule has 9 atom stereocenters. The number of carbonyl (C=O) groups excluding carboxylic acids is 3. The number of ketones is 1. The fourth-order valence-corrected chi connectivity index (χ4v) is 15.7. The third kappa shape index (κ3) is 5.73. The highest BCUT2D eigenvalue weighted by Gasteiger charge is 2.77. The molecule has 2 bridgehead atoms. The average Bonchev–Trinajstić information content (AvgIpc) is 3.03. The van der Waals surface area contributed by atoms with E-state index in [2.05, 4.69) is 41.5 Å². The Hall–Kier alpha value is -1.42. The topological polar surface area (TPSA) is 138 Å². The highest BCUT2D eigenvalue weighted by Crippen LogP contribution is 2.64. The molecular formula is C36H62O10Si2. The van der Waals surface area contributed by atoms with Gasteiger partial charge < -0.3 is 33.3 Å². The van der Waals surface area contributed by atoms with Crippen LogP contribution in [0.3, 0.4) is 0 Å². The highest BCUT2D eigenvalue weighted by molar-refractivity contribution is 6.74. The number of Topliss-reactive ketones (excluding diaryl/α,β-unsaturated/α-hetero) is 1. The van der Waals surface area contributed by atoms with Crippen LogP contribution >= 0.6 is 0 Å². The average molecular weight is 711 g/mol. The van der Waals surface area contributed by atoms with Crippen molar-refractivity contribution in [2.75, 3.05) is 6.61 Å². The number of hydrogen-bond acceptors (Lipinski definition) is 10. The smallest absolute Gasteiger partial charge is 0.303 e. The molecule has 2 N–H and O–H groups in total. The molecule has 3 fully saturated rings. The maximum Gasteiger partial charge on any atom is 0.303 e. The number of ether oxygens (including phenoxy) is 3. The maximum atomic E-state index is 15.6. The van der Waals surface area contributed by atoms with Crippen molar-refractivity contribution < 1.29 is 47.7 Å². The van der Waals surface area contributed by atoms with Gasteiger partial charge in [-0.3, -0.25) is 14.4 Å². The Labute approximate surface area is 289 Å². The van der Waals surface area contributed by atoms with Crippen LogP contribution in [-0.2, 0) is 37.4 Å². The van der Waals surface area contributed by atoms with E-state index in [4.69, 9.17) is 23.1 Å². The molecule has 1 saturated heterocycles. The molecule has 0 aromatic heterocycles. The van der Waals surface area contributed by atoms with E-state index in [-0.39, 0.29) is 19.4 Å². The van der Waals surface area contributed by atoms with Crippen molar-refractivity contribution >= 4 is 34.4 Å². The van der Waals surface area contributed by atoms with E-state index in [0.29, 0.717) is 5.57 Å². The summed E-state index contributed by atoms with van der Waals surface area (Å²) in [6.45, 7) is 22.5. The predicted molar refractivity (Wildman–Crippen MR) is 187 cm³/mol. The maximum absolute atomic E-state index is 15.6. The van der Waals surface area contributed by atoms with Crippen LogP contribution in [0, 0.1) is 16.7 Å². The van der Waals surface area contributed by atoms with Crippen molar-refractivity contribution in [3.05, 3.63) is 11.1 Å². The minimum absolute atomic E-state index is 0.0413. The summed E-state index contributed by atoms with van der Waals surface area (Å²) in [5, 5.41) is 26.2. The third-order valence-corrected chi connectivity index (χ3v) is 22.9. The minimum atomic E-state index is -2.38. The van der Waals surface area contributed by atoms with Gasteiger partial charge in [-0.1, -0.05) is 55.4 Å². The number of esters is 2. The SMILES string of the molecule is CC[Si](CC)(CC)O[C@H]1C[C@@]2(O)C(O)C3[C@](C)(C(=O)[C@H](OC(C)=O)C(=C1C)C2(C)C)[C@@H](O[Si](CC)(CC)CC)C[C@H]1OC[C@@]31OC(C)=O. The summed E-state index contributed by atoms with van der Waals surface area (Å²) >= 11 is 0. The molecule has 0 spiro atoms. The summed E-state index contributed by atoms with van der Waals surface area (Å²) in [6.07, 6.45) is -4.66. The fraction of sp³-hybridized carbons (Fsp3) is 0.861. The van der Waals surface area contributed by atoms with Crippen LogP contribution in [-0.4, -0.2) is 92.9 Å². The molecule has 0 radical (unpaired) electrons. The Morgan fingerprint density at radius 1 is 0.896 bits per heavy atom. The minimum Gasteiger partial charge on any atom is -0.454 e. The van der Waals surface area contributed by atoms with Gasteiger partial charge in [-0.2, -0.15) is 0 Å². The molecule has 48 heavy (non-hydrogen) atoms. The first-order chi connectivity index (χ1) is 22.3. The number of carbonyl (C=O) groups is 3. The lowest BCUT2D eigenvalue weighted by atomic mass is 9.44. The summed E-state index contributed by atoms with van der Waals surface area (Å²) in [5.41, 5.74) is -4.86. The lowest BCUT2D eigenvalue weighted by Crippen LogP contribution is -2.82. The molecule has 10 nitrogen and oxygen atoms in total. The molecule has 2 saturated carbocycles. The Bertz CT molecular complexity index is 1270. The fourth-order valence-electron chi connectivity index (χ4n) is 9.89. The zero-order valence-corrected chi connectivity index (χ0v) is 33.5. The van der Waals surface area contributed by atoms with Gasteiger partial charge in [-0.15, -0.1) is 0 Å². The van der Waals surface area contributed by atoms with Crippen molar-refractivity contribution in [1.29, 1.82) is 0 Å². The van der Waals surface area contributed by atoms with E-state index in [1.54, 1.807) is 20.8 Å². The van der Waals surface area contributed by atoms with Crippen LogP contribution in [0.15, 0.2) is 11.1 Å². The molecule has 0 aromatic carbocycles. The number of aliphatic hydroxyl groups excluding tert-OH is 1. The van der Waals surface area contributed by atoms with Gasteiger partial charge in [0.05, 0.1) is 30.3 Å². The zero-order chi connectivity index (χ0) is 36.3. The van der Waals surface area contributed by atoms with E-state index in [0.717, 1.165) is 41.8 Å². The Morgan fingerprint density at radius 3 is 1.85 bits per heavy atom. The van der Waals surface area contributed by atoms with Crippen molar-refractivity contribution in [2.45, 2.75) is 174 Å². The zero-order valence-electron chi connectivity index (χ0n) is 31.5. The van der Waals surface area contributed by atoms with Crippen LogP contribution < -0.4 is 0 Å². The van der Waals surface area contributed by atoms with Gasteiger partial charge >= 0.3 is 11.9 Å². The molecule has 3 aliphatic carbocycles. The first-order valence-corrected chi connectivity index (χ1v) is 23.3. The second-order valence-electron chi connectivity index (χ2n) is 15.7. The van der Waals surface area contributed by atoms with E-state index in [1.165, 1.54) is 13.8 Å². The lowest BCUT2D eigenvalue weighted by Gasteiger charge is -2.68. The van der Waals surface area contributed by atoms with Gasteiger partial charge in [-0.25, -0.2) is 0 Å². The van der Waals surface area contributed by atoms with Crippen LogP contribution in [0.5, 0.6) is 0 Å². The highest BCUT2D eigenvalue weighted by atomic mass is 28.4. The number of fused-ring (bicyclic) bond motifs is 5. The Kier molecular flexibility index (Phi) is 11.2. The van der Waals surface area contributed by atoms with Crippen molar-refractivity contribution in [3.8, 4) is 0 Å². The second-order valence-corrected chi connectivity index (χ2v) is 25.1. The Morgan fingerprint density at radius 2 is 1.42 bits per heavy atom. The van der Waals surface area contributed by atoms with E-state index >= 15 is 4.79 Å². The van der Waals surface area contributed by atoms with Gasteiger partial charge in [0, 0.05) is 38.0 Å². The molecule has 274 valence electrons. The van der Waals surface area contributed by atoms with Gasteiger partial charge in [0.15, 0.2) is 34.1 Å². The monoisotopic (exact) mass is 710 g/mol. The molecule has 1 heterocycles. The number of aliphatic hydroxyl groups is 2. The second kappa shape index (κ2) is 13.6. The molecule has 1 aliphatic heterocycles. The molecule has 4 aliphatic rings. The summed E-state index contributed by atoms with van der Waals surface area (Å²) in [6, 6.07) is 5.05. The van der Waals surface area contributed by atoms with Crippen LogP contribution in [0.2, 0.25) is 36.3 Å². The molecular weight excluding hydrogens is 649 g/mol. The van der Waals surface area contributed by atoms with Crippen LogP contribution in [0.1, 0.15) is 95.9 Å². The van der Waals surface area contributed by atoms with Crippen LogP contribution in [0.25, 0.3) is 0 Å². The van der Waals surface area contributed by atoms with Crippen molar-refractivity contribution in [1.82, 2.24) is 0 Å². The van der Waals surface area contributed by atoms with Gasteiger partial charge in [0.25, 0.3) is 0 Å². The van der Waals surface area contributed by atoms with Crippen LogP contribution in [0.4, 0.5) is 0 Å². The standard InChI is InChI=1S/C36H62O10Si2/c1-13-47(14-2,15-3)45-25-20-36(41)32(40)30-34(12,31(39)29(43-23(8)37)28(22(25)7)33(36,10)11)26(46-48(16-4,17-5)18-6)19-27-35(30,21-42-27)44-24(9)38/h25-27,29-30,32,40-41H,13-21H2,1-12H3/t25-,26-,27+,29+,30?,32?,34+,35-,36+/m0/s1.